The molecule has 0 saturated carbocycles. The zero-order chi connectivity index (χ0) is 22.2. The van der Waals surface area contributed by atoms with Crippen LogP contribution in [0.1, 0.15) is 24.0 Å². The van der Waals surface area contributed by atoms with Gasteiger partial charge in [0.2, 0.25) is 6.41 Å². The third-order valence-electron chi connectivity index (χ3n) is 6.37. The van der Waals surface area contributed by atoms with Crippen molar-refractivity contribution in [2.24, 2.45) is 0 Å². The first-order valence-electron chi connectivity index (χ1n) is 11.1. The van der Waals surface area contributed by atoms with E-state index in [1.54, 1.807) is 11.2 Å². The number of benzene rings is 3. The molecule has 0 spiro atoms. The summed E-state index contributed by atoms with van der Waals surface area (Å²) in [7, 11) is 0. The molecule has 7 nitrogen and oxygen atoms in total. The molecule has 1 amide bonds. The van der Waals surface area contributed by atoms with E-state index in [0.717, 1.165) is 64.8 Å². The van der Waals surface area contributed by atoms with Crippen LogP contribution in [-0.2, 0) is 17.6 Å². The van der Waals surface area contributed by atoms with Gasteiger partial charge in [-0.2, -0.15) is 10.2 Å². The standard InChI is InChI=1S/C26H22N6O/c33-16-32(24-10-4-6-17-5-1-2-9-21(17)24)20-8-3-7-18(13-20)25-22-14-19(26-27-15-28-31-26)11-12-23(22)29-30-25/h3-4,6-8,10-16H,1-2,5,9H2,(H,29,30)(H,27,28,31). The van der Waals surface area contributed by atoms with E-state index in [2.05, 4.69) is 31.4 Å². The minimum atomic E-state index is 0.638. The molecule has 2 aromatic heterocycles. The van der Waals surface area contributed by atoms with Gasteiger partial charge in [0, 0.05) is 22.2 Å². The number of fused-ring (bicyclic) bond motifs is 2. The zero-order valence-electron chi connectivity index (χ0n) is 18.0. The number of carbonyl (C=O) groups excluding carboxylic acids is 1. The largest absolute Gasteiger partial charge is 0.283 e. The van der Waals surface area contributed by atoms with Gasteiger partial charge in [-0.1, -0.05) is 24.3 Å². The summed E-state index contributed by atoms with van der Waals surface area (Å²) in [6.07, 6.45) is 6.91. The van der Waals surface area contributed by atoms with E-state index in [4.69, 9.17) is 0 Å². The SMILES string of the molecule is O=CN(c1cccc(-c2n[nH]c3ccc(-c4nc[nH]n4)cc23)c1)c1cccc2c1CCCC2. The van der Waals surface area contributed by atoms with E-state index in [1.165, 1.54) is 17.5 Å². The predicted octanol–water partition coefficient (Wildman–Crippen LogP) is 5.19. The Morgan fingerprint density at radius 1 is 0.909 bits per heavy atom. The minimum Gasteiger partial charge on any atom is -0.283 e. The lowest BCUT2D eigenvalue weighted by Crippen LogP contribution is -2.18. The summed E-state index contributed by atoms with van der Waals surface area (Å²) in [5.74, 6) is 0.638. The first-order valence-corrected chi connectivity index (χ1v) is 11.1. The maximum atomic E-state index is 12.3. The first kappa shape index (κ1) is 19.4. The number of nitrogens with one attached hydrogen (secondary N) is 2. The molecule has 1 aliphatic rings. The number of aromatic amines is 2. The highest BCUT2D eigenvalue weighted by Crippen LogP contribution is 2.36. The van der Waals surface area contributed by atoms with Gasteiger partial charge in [-0.05, 0) is 73.2 Å². The summed E-state index contributed by atoms with van der Waals surface area (Å²) in [6, 6.07) is 20.2. The third-order valence-corrected chi connectivity index (χ3v) is 6.37. The second-order valence-corrected chi connectivity index (χ2v) is 8.30. The molecule has 33 heavy (non-hydrogen) atoms. The lowest BCUT2D eigenvalue weighted by atomic mass is 9.90. The van der Waals surface area contributed by atoms with Crippen molar-refractivity contribution in [3.05, 3.63) is 78.1 Å². The van der Waals surface area contributed by atoms with Crippen LogP contribution in [0.2, 0.25) is 0 Å². The number of rotatable bonds is 5. The molecule has 0 saturated heterocycles. The topological polar surface area (TPSA) is 90.6 Å². The van der Waals surface area contributed by atoms with Crippen LogP contribution in [-0.4, -0.2) is 31.8 Å². The summed E-state index contributed by atoms with van der Waals surface area (Å²) in [5.41, 5.74) is 8.02. The number of carbonyl (C=O) groups is 1. The van der Waals surface area contributed by atoms with Crippen molar-refractivity contribution in [1.82, 2.24) is 25.4 Å². The summed E-state index contributed by atoms with van der Waals surface area (Å²) in [4.78, 5) is 18.3. The summed E-state index contributed by atoms with van der Waals surface area (Å²) >= 11 is 0. The molecule has 162 valence electrons. The number of anilines is 2. The fourth-order valence-electron chi connectivity index (χ4n) is 4.77. The fourth-order valence-corrected chi connectivity index (χ4v) is 4.77. The Morgan fingerprint density at radius 3 is 2.70 bits per heavy atom. The molecule has 6 rings (SSSR count). The number of amides is 1. The van der Waals surface area contributed by atoms with Crippen molar-refractivity contribution in [3.63, 3.8) is 0 Å². The van der Waals surface area contributed by atoms with E-state index < -0.39 is 0 Å². The number of nitrogens with zero attached hydrogens (tertiary/aromatic N) is 4. The highest BCUT2D eigenvalue weighted by molar-refractivity contribution is 5.97. The van der Waals surface area contributed by atoms with E-state index in [-0.39, 0.29) is 0 Å². The quantitative estimate of drug-likeness (QED) is 0.373. The molecule has 0 radical (unpaired) electrons. The minimum absolute atomic E-state index is 0.638. The molecule has 0 atom stereocenters. The number of aryl methyl sites for hydroxylation is 1. The van der Waals surface area contributed by atoms with E-state index in [9.17, 15) is 4.79 Å². The molecule has 0 aliphatic heterocycles. The van der Waals surface area contributed by atoms with Crippen LogP contribution in [0.4, 0.5) is 11.4 Å². The molecule has 2 N–H and O–H groups in total. The van der Waals surface area contributed by atoms with Crippen LogP contribution in [0, 0.1) is 0 Å². The maximum Gasteiger partial charge on any atom is 0.218 e. The Bertz CT molecular complexity index is 1450. The second kappa shape index (κ2) is 8.02. The van der Waals surface area contributed by atoms with Gasteiger partial charge in [-0.15, -0.1) is 0 Å². The van der Waals surface area contributed by atoms with Gasteiger partial charge in [-0.25, -0.2) is 4.98 Å². The van der Waals surface area contributed by atoms with E-state index in [0.29, 0.717) is 5.82 Å². The van der Waals surface area contributed by atoms with Crippen LogP contribution >= 0.6 is 0 Å². The van der Waals surface area contributed by atoms with Gasteiger partial charge in [0.05, 0.1) is 16.9 Å². The monoisotopic (exact) mass is 434 g/mol. The summed E-state index contributed by atoms with van der Waals surface area (Å²) in [6.45, 7) is 0. The summed E-state index contributed by atoms with van der Waals surface area (Å²) < 4.78 is 0. The van der Waals surface area contributed by atoms with Crippen LogP contribution < -0.4 is 4.90 Å². The maximum absolute atomic E-state index is 12.3. The van der Waals surface area contributed by atoms with Crippen LogP contribution in [0.5, 0.6) is 0 Å². The first-order chi connectivity index (χ1) is 16.3. The molecule has 0 unspecified atom stereocenters. The molecule has 0 fully saturated rings. The van der Waals surface area contributed by atoms with E-state index in [1.807, 2.05) is 54.6 Å². The van der Waals surface area contributed by atoms with Crippen molar-refractivity contribution in [2.45, 2.75) is 25.7 Å². The molecule has 5 aromatic rings. The van der Waals surface area contributed by atoms with Gasteiger partial charge in [-0.3, -0.25) is 19.9 Å². The number of aromatic nitrogens is 5. The highest BCUT2D eigenvalue weighted by atomic mass is 16.1. The lowest BCUT2D eigenvalue weighted by molar-refractivity contribution is -0.106. The number of hydrogen-bond donors (Lipinski definition) is 2. The Morgan fingerprint density at radius 2 is 1.82 bits per heavy atom. The normalized spacial score (nSPS) is 13.1. The highest BCUT2D eigenvalue weighted by Gasteiger charge is 2.19. The van der Waals surface area contributed by atoms with Gasteiger partial charge >= 0.3 is 0 Å². The van der Waals surface area contributed by atoms with Crippen LogP contribution in [0.3, 0.4) is 0 Å². The van der Waals surface area contributed by atoms with Crippen molar-refractivity contribution in [1.29, 1.82) is 0 Å². The average Bonchev–Trinajstić information content (AvgIpc) is 3.55. The molecular weight excluding hydrogens is 412 g/mol. The second-order valence-electron chi connectivity index (χ2n) is 8.30. The third kappa shape index (κ3) is 3.38. The molecule has 3 aromatic carbocycles. The molecule has 0 bridgehead atoms. The van der Waals surface area contributed by atoms with Crippen molar-refractivity contribution >= 4 is 28.7 Å². The van der Waals surface area contributed by atoms with Gasteiger partial charge < -0.3 is 0 Å². The smallest absolute Gasteiger partial charge is 0.218 e. The van der Waals surface area contributed by atoms with Crippen LogP contribution in [0.25, 0.3) is 33.5 Å². The van der Waals surface area contributed by atoms with E-state index >= 15 is 0 Å². The fraction of sp³-hybridized carbons (Fsp3) is 0.154. The van der Waals surface area contributed by atoms with Crippen molar-refractivity contribution in [2.75, 3.05) is 4.90 Å². The Labute approximate surface area is 190 Å². The molecular formula is C26H22N6O. The number of hydrogen-bond acceptors (Lipinski definition) is 4. The zero-order valence-corrected chi connectivity index (χ0v) is 18.0. The molecule has 2 heterocycles. The molecule has 1 aliphatic carbocycles. The van der Waals surface area contributed by atoms with Gasteiger partial charge in [0.1, 0.15) is 6.33 Å². The van der Waals surface area contributed by atoms with Crippen LogP contribution in [0.15, 0.2) is 67.0 Å². The lowest BCUT2D eigenvalue weighted by Gasteiger charge is -2.25. The Kier molecular flexibility index (Phi) is 4.72. The Balaban J connectivity index is 1.43. The predicted molar refractivity (Wildman–Crippen MR) is 128 cm³/mol. The Hall–Kier alpha value is -4.26. The summed E-state index contributed by atoms with van der Waals surface area (Å²) in [5, 5.41) is 15.6. The van der Waals surface area contributed by atoms with Gasteiger partial charge in [0.15, 0.2) is 5.82 Å². The number of H-pyrrole nitrogens is 2. The van der Waals surface area contributed by atoms with Gasteiger partial charge in [0.25, 0.3) is 0 Å². The average molecular weight is 435 g/mol. The van der Waals surface area contributed by atoms with Crippen molar-refractivity contribution in [3.8, 4) is 22.6 Å². The van der Waals surface area contributed by atoms with Crippen molar-refractivity contribution < 1.29 is 4.79 Å². The molecule has 7 heteroatoms.